The van der Waals surface area contributed by atoms with E-state index in [-0.39, 0.29) is 5.91 Å². The average molecular weight is 301 g/mol. The number of hydrogen-bond donors (Lipinski definition) is 2. The Hall–Kier alpha value is -1.23. The summed E-state index contributed by atoms with van der Waals surface area (Å²) in [6.45, 7) is 0.762. The predicted octanol–water partition coefficient (Wildman–Crippen LogP) is 2.40. The molecular weight excluding hydrogens is 284 g/mol. The second-order valence-corrected chi connectivity index (χ2v) is 4.41. The minimum atomic E-state index is 0.0696. The molecule has 0 spiro atoms. The summed E-state index contributed by atoms with van der Waals surface area (Å²) in [5.41, 5.74) is 0.988. The van der Waals surface area contributed by atoms with E-state index in [9.17, 15) is 4.79 Å². The molecule has 0 aliphatic carbocycles. The maximum Gasteiger partial charge on any atom is 0.219 e. The van der Waals surface area contributed by atoms with Crippen molar-refractivity contribution in [2.75, 3.05) is 26.0 Å². The molecule has 0 aliphatic heterocycles. The molecule has 4 nitrogen and oxygen atoms in total. The molecule has 0 unspecified atom stereocenters. The Morgan fingerprint density at radius 1 is 1.47 bits per heavy atom. The van der Waals surface area contributed by atoms with Crippen molar-refractivity contribution >= 4 is 27.5 Å². The predicted molar refractivity (Wildman–Crippen MR) is 72.5 cm³/mol. The van der Waals surface area contributed by atoms with E-state index in [1.807, 2.05) is 18.2 Å². The van der Waals surface area contributed by atoms with E-state index in [1.165, 1.54) is 0 Å². The van der Waals surface area contributed by atoms with E-state index in [2.05, 4.69) is 26.6 Å². The zero-order chi connectivity index (χ0) is 12.7. The maximum absolute atomic E-state index is 11.0. The molecule has 17 heavy (non-hydrogen) atoms. The van der Waals surface area contributed by atoms with Crippen LogP contribution in [0.3, 0.4) is 0 Å². The summed E-state index contributed by atoms with van der Waals surface area (Å²) in [5.74, 6) is 0.862. The summed E-state index contributed by atoms with van der Waals surface area (Å²) in [4.78, 5) is 11.0. The number of halogens is 1. The molecule has 2 N–H and O–H groups in total. The molecule has 1 aromatic carbocycles. The van der Waals surface area contributed by atoms with Gasteiger partial charge in [0.2, 0.25) is 5.91 Å². The van der Waals surface area contributed by atoms with Gasteiger partial charge in [0, 0.05) is 31.8 Å². The topological polar surface area (TPSA) is 50.4 Å². The SMILES string of the molecule is CNC(=O)CCCNc1ccc(Br)c(OC)c1. The van der Waals surface area contributed by atoms with Crippen LogP contribution >= 0.6 is 15.9 Å². The second kappa shape index (κ2) is 7.17. The fourth-order valence-corrected chi connectivity index (χ4v) is 1.78. The van der Waals surface area contributed by atoms with Crippen LogP contribution in [-0.4, -0.2) is 26.6 Å². The Labute approximate surface area is 110 Å². The van der Waals surface area contributed by atoms with Crippen LogP contribution in [-0.2, 0) is 4.79 Å². The standard InChI is InChI=1S/C12H17BrN2O2/c1-14-12(16)4-3-7-15-9-5-6-10(13)11(8-9)17-2/h5-6,8,15H,3-4,7H2,1-2H3,(H,14,16). The molecular formula is C12H17BrN2O2. The van der Waals surface area contributed by atoms with E-state index in [0.717, 1.165) is 28.9 Å². The number of rotatable bonds is 6. The van der Waals surface area contributed by atoms with Crippen LogP contribution in [0.4, 0.5) is 5.69 Å². The first-order chi connectivity index (χ1) is 8.17. The average Bonchev–Trinajstić information content (AvgIpc) is 2.36. The van der Waals surface area contributed by atoms with Crippen LogP contribution in [0.5, 0.6) is 5.75 Å². The molecule has 0 saturated carbocycles. The highest BCUT2D eigenvalue weighted by Crippen LogP contribution is 2.27. The van der Waals surface area contributed by atoms with E-state index < -0.39 is 0 Å². The highest BCUT2D eigenvalue weighted by molar-refractivity contribution is 9.10. The van der Waals surface area contributed by atoms with Gasteiger partial charge in [-0.1, -0.05) is 0 Å². The lowest BCUT2D eigenvalue weighted by Gasteiger charge is -2.09. The fraction of sp³-hybridized carbons (Fsp3) is 0.417. The lowest BCUT2D eigenvalue weighted by Crippen LogP contribution is -2.18. The van der Waals surface area contributed by atoms with Crippen LogP contribution in [0.2, 0.25) is 0 Å². The van der Waals surface area contributed by atoms with Crippen LogP contribution in [0, 0.1) is 0 Å². The smallest absolute Gasteiger partial charge is 0.219 e. The van der Waals surface area contributed by atoms with Crippen molar-refractivity contribution in [2.24, 2.45) is 0 Å². The van der Waals surface area contributed by atoms with Crippen LogP contribution in [0.15, 0.2) is 22.7 Å². The molecule has 1 rings (SSSR count). The Kier molecular flexibility index (Phi) is 5.83. The Morgan fingerprint density at radius 3 is 2.88 bits per heavy atom. The molecule has 0 aliphatic rings. The van der Waals surface area contributed by atoms with Crippen molar-refractivity contribution in [3.63, 3.8) is 0 Å². The van der Waals surface area contributed by atoms with Crippen LogP contribution in [0.25, 0.3) is 0 Å². The number of methoxy groups -OCH3 is 1. The molecule has 0 atom stereocenters. The van der Waals surface area contributed by atoms with Crippen molar-refractivity contribution < 1.29 is 9.53 Å². The number of benzene rings is 1. The first kappa shape index (κ1) is 13.8. The number of amides is 1. The minimum absolute atomic E-state index is 0.0696. The number of nitrogens with one attached hydrogen (secondary N) is 2. The van der Waals surface area contributed by atoms with E-state index in [1.54, 1.807) is 14.2 Å². The summed E-state index contributed by atoms with van der Waals surface area (Å²) < 4.78 is 6.12. The van der Waals surface area contributed by atoms with Gasteiger partial charge in [-0.25, -0.2) is 0 Å². The van der Waals surface area contributed by atoms with Crippen molar-refractivity contribution in [1.29, 1.82) is 0 Å². The Morgan fingerprint density at radius 2 is 2.24 bits per heavy atom. The zero-order valence-corrected chi connectivity index (χ0v) is 11.6. The molecule has 0 saturated heterocycles. The summed E-state index contributed by atoms with van der Waals surface area (Å²) >= 11 is 3.40. The molecule has 1 aromatic rings. The fourth-order valence-electron chi connectivity index (χ4n) is 1.38. The summed E-state index contributed by atoms with van der Waals surface area (Å²) in [6, 6.07) is 5.82. The number of carbonyl (C=O) groups is 1. The van der Waals surface area contributed by atoms with Crippen LogP contribution < -0.4 is 15.4 Å². The normalized spacial score (nSPS) is 9.82. The van der Waals surface area contributed by atoms with Gasteiger partial charge in [0.1, 0.15) is 5.75 Å². The van der Waals surface area contributed by atoms with Gasteiger partial charge in [0.25, 0.3) is 0 Å². The molecule has 94 valence electrons. The van der Waals surface area contributed by atoms with Crippen molar-refractivity contribution in [2.45, 2.75) is 12.8 Å². The molecule has 0 radical (unpaired) electrons. The van der Waals surface area contributed by atoms with Gasteiger partial charge in [0.15, 0.2) is 0 Å². The van der Waals surface area contributed by atoms with E-state index in [0.29, 0.717) is 6.42 Å². The Balaban J connectivity index is 2.39. The van der Waals surface area contributed by atoms with E-state index >= 15 is 0 Å². The molecule has 0 bridgehead atoms. The third kappa shape index (κ3) is 4.65. The number of ether oxygens (including phenoxy) is 1. The first-order valence-electron chi connectivity index (χ1n) is 5.45. The van der Waals surface area contributed by atoms with Crippen molar-refractivity contribution in [3.05, 3.63) is 22.7 Å². The lowest BCUT2D eigenvalue weighted by atomic mass is 10.2. The van der Waals surface area contributed by atoms with Gasteiger partial charge in [-0.2, -0.15) is 0 Å². The molecule has 1 amide bonds. The number of anilines is 1. The molecule has 0 aromatic heterocycles. The first-order valence-corrected chi connectivity index (χ1v) is 6.24. The highest BCUT2D eigenvalue weighted by Gasteiger charge is 2.01. The zero-order valence-electron chi connectivity index (χ0n) is 10.0. The summed E-state index contributed by atoms with van der Waals surface area (Å²) in [6.07, 6.45) is 1.34. The van der Waals surface area contributed by atoms with E-state index in [4.69, 9.17) is 4.74 Å². The van der Waals surface area contributed by atoms with Gasteiger partial charge in [-0.15, -0.1) is 0 Å². The van der Waals surface area contributed by atoms with Gasteiger partial charge < -0.3 is 15.4 Å². The van der Waals surface area contributed by atoms with Crippen molar-refractivity contribution in [3.8, 4) is 5.75 Å². The third-order valence-electron chi connectivity index (χ3n) is 2.34. The maximum atomic E-state index is 11.0. The largest absolute Gasteiger partial charge is 0.495 e. The highest BCUT2D eigenvalue weighted by atomic mass is 79.9. The number of hydrogen-bond acceptors (Lipinski definition) is 3. The quantitative estimate of drug-likeness (QED) is 0.793. The van der Waals surface area contributed by atoms with Crippen LogP contribution in [0.1, 0.15) is 12.8 Å². The second-order valence-electron chi connectivity index (χ2n) is 3.55. The monoisotopic (exact) mass is 300 g/mol. The van der Waals surface area contributed by atoms with Crippen molar-refractivity contribution in [1.82, 2.24) is 5.32 Å². The van der Waals surface area contributed by atoms with Gasteiger partial charge in [0.05, 0.1) is 11.6 Å². The molecule has 0 fully saturated rings. The summed E-state index contributed by atoms with van der Waals surface area (Å²) in [7, 11) is 3.28. The summed E-state index contributed by atoms with van der Waals surface area (Å²) in [5, 5.41) is 5.84. The van der Waals surface area contributed by atoms with Gasteiger partial charge in [-0.05, 0) is 34.5 Å². The number of carbonyl (C=O) groups excluding carboxylic acids is 1. The third-order valence-corrected chi connectivity index (χ3v) is 2.99. The van der Waals surface area contributed by atoms with Gasteiger partial charge in [-0.3, -0.25) is 4.79 Å². The molecule has 5 heteroatoms. The lowest BCUT2D eigenvalue weighted by molar-refractivity contribution is -0.120. The Bertz CT molecular complexity index is 383. The minimum Gasteiger partial charge on any atom is -0.495 e. The van der Waals surface area contributed by atoms with Gasteiger partial charge >= 0.3 is 0 Å². The molecule has 0 heterocycles.